The maximum Gasteiger partial charge on any atom is 0.439 e. The number of hydrogen-bond donors (Lipinski definition) is 5. The van der Waals surface area contributed by atoms with Gasteiger partial charge >= 0.3 is 5.95 Å². The number of anilines is 1. The fraction of sp³-hybridized carbons (Fsp3) is 0.500. The van der Waals surface area contributed by atoms with E-state index in [4.69, 9.17) is 15.6 Å². The molecule has 1 aliphatic heterocycles. The van der Waals surface area contributed by atoms with Crippen molar-refractivity contribution in [3.8, 4) is 0 Å². The molecule has 1 aliphatic rings. The molecule has 1 saturated heterocycles. The van der Waals surface area contributed by atoms with Gasteiger partial charge in [-0.1, -0.05) is 4.98 Å². The Hall–Kier alpha value is -2.61. The van der Waals surface area contributed by atoms with Crippen LogP contribution in [0.3, 0.4) is 0 Å². The number of imidazole rings is 1. The SMILES string of the molecule is Nc1nc2c(nc([N+](=O)[O-])n2C2OC(CO)C(O)C2O)c(=O)[nH]1. The van der Waals surface area contributed by atoms with Crippen molar-refractivity contribution in [1.82, 2.24) is 19.5 Å². The number of aliphatic hydroxyl groups excluding tert-OH is 3. The van der Waals surface area contributed by atoms with Crippen LogP contribution in [0.2, 0.25) is 0 Å². The summed E-state index contributed by atoms with van der Waals surface area (Å²) in [5.41, 5.74) is 3.96. The minimum Gasteiger partial charge on any atom is -0.394 e. The molecule has 13 heteroatoms. The number of ether oxygens (including phenoxy) is 1. The zero-order chi connectivity index (χ0) is 16.9. The molecular formula is C10H12N6O7. The number of nitrogens with two attached hydrogens (primary N) is 1. The quantitative estimate of drug-likeness (QED) is 0.289. The van der Waals surface area contributed by atoms with Gasteiger partial charge in [-0.3, -0.25) is 9.78 Å². The summed E-state index contributed by atoms with van der Waals surface area (Å²) < 4.78 is 5.99. The summed E-state index contributed by atoms with van der Waals surface area (Å²) >= 11 is 0. The smallest absolute Gasteiger partial charge is 0.394 e. The lowest BCUT2D eigenvalue weighted by Crippen LogP contribution is -2.33. The van der Waals surface area contributed by atoms with Crippen molar-refractivity contribution in [2.75, 3.05) is 12.3 Å². The minimum absolute atomic E-state index is 0.284. The zero-order valence-electron chi connectivity index (χ0n) is 11.4. The summed E-state index contributed by atoms with van der Waals surface area (Å²) in [4.78, 5) is 31.6. The molecule has 3 rings (SSSR count). The van der Waals surface area contributed by atoms with Gasteiger partial charge in [0.05, 0.1) is 6.61 Å². The van der Waals surface area contributed by atoms with Crippen molar-refractivity contribution < 1.29 is 25.0 Å². The van der Waals surface area contributed by atoms with E-state index in [-0.39, 0.29) is 17.1 Å². The van der Waals surface area contributed by atoms with Crippen molar-refractivity contribution in [3.05, 3.63) is 20.5 Å². The first-order valence-corrected chi connectivity index (χ1v) is 6.39. The molecule has 23 heavy (non-hydrogen) atoms. The Morgan fingerprint density at radius 1 is 1.39 bits per heavy atom. The second-order valence-corrected chi connectivity index (χ2v) is 4.89. The molecule has 4 unspecified atom stereocenters. The third-order valence-corrected chi connectivity index (χ3v) is 3.49. The van der Waals surface area contributed by atoms with Gasteiger partial charge in [-0.05, 0) is 4.92 Å². The van der Waals surface area contributed by atoms with Crippen LogP contribution in [0.5, 0.6) is 0 Å². The van der Waals surface area contributed by atoms with Gasteiger partial charge in [0.1, 0.15) is 18.3 Å². The lowest BCUT2D eigenvalue weighted by atomic mass is 10.1. The van der Waals surface area contributed by atoms with Gasteiger partial charge in [-0.25, -0.2) is 0 Å². The van der Waals surface area contributed by atoms with Crippen LogP contribution in [0.25, 0.3) is 11.2 Å². The molecule has 124 valence electrons. The Morgan fingerprint density at radius 2 is 2.09 bits per heavy atom. The van der Waals surface area contributed by atoms with E-state index in [1.54, 1.807) is 0 Å². The van der Waals surface area contributed by atoms with Crippen molar-refractivity contribution in [2.45, 2.75) is 24.5 Å². The minimum atomic E-state index is -1.61. The number of nitrogens with zero attached hydrogens (tertiary/aromatic N) is 4. The Morgan fingerprint density at radius 3 is 2.65 bits per heavy atom. The molecule has 0 aromatic carbocycles. The Labute approximate surface area is 126 Å². The normalized spacial score (nSPS) is 27.6. The van der Waals surface area contributed by atoms with E-state index in [2.05, 4.69) is 15.0 Å². The predicted molar refractivity (Wildman–Crippen MR) is 72.2 cm³/mol. The highest BCUT2D eigenvalue weighted by molar-refractivity contribution is 5.73. The Balaban J connectivity index is 2.25. The Bertz CT molecular complexity index is 831. The number of H-pyrrole nitrogens is 1. The monoisotopic (exact) mass is 328 g/mol. The highest BCUT2D eigenvalue weighted by Gasteiger charge is 2.48. The average molecular weight is 328 g/mol. The van der Waals surface area contributed by atoms with E-state index < -0.39 is 47.6 Å². The summed E-state index contributed by atoms with van der Waals surface area (Å²) in [6.07, 6.45) is -5.72. The molecule has 0 saturated carbocycles. The maximum atomic E-state index is 11.8. The molecule has 4 atom stereocenters. The van der Waals surface area contributed by atoms with E-state index >= 15 is 0 Å². The number of aromatic amines is 1. The van der Waals surface area contributed by atoms with Gasteiger partial charge < -0.3 is 35.9 Å². The molecule has 0 bridgehead atoms. The van der Waals surface area contributed by atoms with Crippen molar-refractivity contribution in [1.29, 1.82) is 0 Å². The van der Waals surface area contributed by atoms with E-state index in [9.17, 15) is 25.1 Å². The van der Waals surface area contributed by atoms with Crippen LogP contribution in [0.1, 0.15) is 6.23 Å². The van der Waals surface area contributed by atoms with Gasteiger partial charge in [0.15, 0.2) is 0 Å². The fourth-order valence-corrected chi connectivity index (χ4v) is 2.45. The first kappa shape index (κ1) is 15.3. The molecule has 13 nitrogen and oxygen atoms in total. The molecule has 2 aromatic heterocycles. The van der Waals surface area contributed by atoms with E-state index in [1.807, 2.05) is 0 Å². The van der Waals surface area contributed by atoms with E-state index in [0.29, 0.717) is 0 Å². The zero-order valence-corrected chi connectivity index (χ0v) is 11.4. The lowest BCUT2D eigenvalue weighted by Gasteiger charge is -2.13. The van der Waals surface area contributed by atoms with Crippen LogP contribution in [0.4, 0.5) is 11.9 Å². The van der Waals surface area contributed by atoms with Crippen molar-refractivity contribution >= 4 is 23.1 Å². The second-order valence-electron chi connectivity index (χ2n) is 4.89. The van der Waals surface area contributed by atoms with E-state index in [1.165, 1.54) is 0 Å². The van der Waals surface area contributed by atoms with Gasteiger partial charge in [0.25, 0.3) is 11.1 Å². The van der Waals surface area contributed by atoms with Crippen molar-refractivity contribution in [3.63, 3.8) is 0 Å². The van der Waals surface area contributed by atoms with Crippen LogP contribution < -0.4 is 11.3 Å². The first-order chi connectivity index (χ1) is 10.8. The van der Waals surface area contributed by atoms with Gasteiger partial charge in [-0.2, -0.15) is 9.55 Å². The number of nitrogen functional groups attached to an aromatic ring is 1. The molecule has 0 radical (unpaired) electrons. The number of rotatable bonds is 3. The summed E-state index contributed by atoms with van der Waals surface area (Å²) in [5.74, 6) is -1.14. The number of aliphatic hydroxyl groups is 3. The largest absolute Gasteiger partial charge is 0.439 e. The number of nitrogens with one attached hydrogen (secondary N) is 1. The molecule has 6 N–H and O–H groups in total. The molecule has 0 amide bonds. The molecule has 3 heterocycles. The summed E-state index contributed by atoms with van der Waals surface area (Å²) in [6.45, 7) is -0.620. The fourth-order valence-electron chi connectivity index (χ4n) is 2.45. The number of fused-ring (bicyclic) bond motifs is 1. The molecule has 0 spiro atoms. The molecule has 0 aliphatic carbocycles. The predicted octanol–water partition coefficient (Wildman–Crippen LogP) is -2.78. The van der Waals surface area contributed by atoms with Gasteiger partial charge in [-0.15, -0.1) is 0 Å². The lowest BCUT2D eigenvalue weighted by molar-refractivity contribution is -0.398. The van der Waals surface area contributed by atoms with Crippen LogP contribution in [-0.4, -0.2) is 64.7 Å². The number of aromatic nitrogens is 4. The molecular weight excluding hydrogens is 316 g/mol. The first-order valence-electron chi connectivity index (χ1n) is 6.39. The number of nitro groups is 1. The van der Waals surface area contributed by atoms with Crippen LogP contribution in [0.15, 0.2) is 4.79 Å². The van der Waals surface area contributed by atoms with Crippen molar-refractivity contribution in [2.24, 2.45) is 0 Å². The second kappa shape index (κ2) is 5.24. The summed E-state index contributed by atoms with van der Waals surface area (Å²) in [6, 6.07) is 0. The molecule has 1 fully saturated rings. The average Bonchev–Trinajstić information content (AvgIpc) is 2.99. The maximum absolute atomic E-state index is 11.8. The Kier molecular flexibility index (Phi) is 3.48. The van der Waals surface area contributed by atoms with E-state index in [0.717, 1.165) is 4.57 Å². The van der Waals surface area contributed by atoms with Gasteiger partial charge in [0.2, 0.25) is 17.8 Å². The standard InChI is InChI=1S/C10H12N6O7/c11-9-13-6-3(7(20)14-9)12-10(16(21)22)15(6)8-5(19)4(18)2(1-17)23-8/h2,4-5,8,17-19H,1H2,(H3,11,13,14,20). The van der Waals surface area contributed by atoms with Gasteiger partial charge in [0, 0.05) is 0 Å². The highest BCUT2D eigenvalue weighted by atomic mass is 16.6. The number of hydrogen-bond acceptors (Lipinski definition) is 10. The van der Waals surface area contributed by atoms with Crippen LogP contribution in [-0.2, 0) is 4.74 Å². The van der Waals surface area contributed by atoms with Crippen LogP contribution >= 0.6 is 0 Å². The third kappa shape index (κ3) is 2.22. The topological polar surface area (TPSA) is 203 Å². The van der Waals surface area contributed by atoms with Crippen LogP contribution in [0, 0.1) is 10.1 Å². The third-order valence-electron chi connectivity index (χ3n) is 3.49. The molecule has 2 aromatic rings. The highest BCUT2D eigenvalue weighted by Crippen LogP contribution is 2.34. The summed E-state index contributed by atoms with van der Waals surface area (Å²) in [5, 5.41) is 40.1. The summed E-state index contributed by atoms with van der Waals surface area (Å²) in [7, 11) is 0.